The van der Waals surface area contributed by atoms with Gasteiger partial charge in [0.05, 0.1) is 17.2 Å². The van der Waals surface area contributed by atoms with Crippen molar-refractivity contribution in [3.8, 4) is 6.07 Å². The summed E-state index contributed by atoms with van der Waals surface area (Å²) < 4.78 is 40.3. The van der Waals surface area contributed by atoms with Gasteiger partial charge in [0.1, 0.15) is 5.60 Å². The number of nitrogens with zero attached hydrogens (tertiary/aromatic N) is 2. The van der Waals surface area contributed by atoms with Crippen LogP contribution in [0.1, 0.15) is 67.2 Å². The molecule has 2 aromatic carbocycles. The van der Waals surface area contributed by atoms with E-state index in [-0.39, 0.29) is 18.0 Å². The molecule has 0 bridgehead atoms. The van der Waals surface area contributed by atoms with Gasteiger partial charge in [-0.05, 0) is 74.0 Å². The number of anilines is 1. The van der Waals surface area contributed by atoms with Crippen molar-refractivity contribution >= 4 is 11.6 Å². The molecular weight excluding hydrogens is 505 g/mol. The highest BCUT2D eigenvalue weighted by atomic mass is 19.4. The predicted octanol–water partition coefficient (Wildman–Crippen LogP) is 5.26. The Morgan fingerprint density at radius 3 is 2.44 bits per heavy atom. The van der Waals surface area contributed by atoms with E-state index in [0.717, 1.165) is 62.3 Å². The first kappa shape index (κ1) is 29.1. The molecule has 2 aromatic rings. The third-order valence-corrected chi connectivity index (χ3v) is 7.97. The Morgan fingerprint density at radius 2 is 1.74 bits per heavy atom. The number of likely N-dealkylation sites (tertiary alicyclic amines) is 1. The molecule has 9 heteroatoms. The van der Waals surface area contributed by atoms with Gasteiger partial charge >= 0.3 is 6.18 Å². The predicted molar refractivity (Wildman–Crippen MR) is 144 cm³/mol. The first-order valence-electron chi connectivity index (χ1n) is 13.8. The molecule has 1 atom stereocenters. The number of hydrogen-bond acceptors (Lipinski definition) is 5. The fourth-order valence-electron chi connectivity index (χ4n) is 5.82. The SMILES string of the molecule is N#Cc1ccc(NC(=O)C(O)(Cc2cccc(CNCCN3CCCCC3)c2)C2CCCC2)cc1C(F)(F)F. The van der Waals surface area contributed by atoms with Crippen LogP contribution in [0.5, 0.6) is 0 Å². The molecule has 1 aliphatic carbocycles. The molecule has 2 fully saturated rings. The Labute approximate surface area is 228 Å². The second kappa shape index (κ2) is 12.9. The van der Waals surface area contributed by atoms with Crippen LogP contribution in [-0.2, 0) is 23.9 Å². The molecule has 0 aromatic heterocycles. The zero-order chi connectivity index (χ0) is 27.9. The summed E-state index contributed by atoms with van der Waals surface area (Å²) in [6, 6.07) is 12.3. The Kier molecular flexibility index (Phi) is 9.65. The van der Waals surface area contributed by atoms with Gasteiger partial charge in [0.2, 0.25) is 0 Å². The number of piperidine rings is 1. The van der Waals surface area contributed by atoms with Gasteiger partial charge in [0.15, 0.2) is 0 Å². The highest BCUT2D eigenvalue weighted by molar-refractivity contribution is 5.97. The number of carbonyl (C=O) groups is 1. The van der Waals surface area contributed by atoms with Gasteiger partial charge in [-0.15, -0.1) is 0 Å². The standard InChI is InChI=1S/C30H37F3N4O2/c31-30(32,33)27-18-26(12-11-24(27)20-34)36-28(38)29(39,25-9-2-3-10-25)19-22-7-6-8-23(17-22)21-35-13-16-37-14-4-1-5-15-37/h6-8,11-12,17-18,25,35,39H,1-5,9-10,13-16,19,21H2,(H,36,38). The number of amides is 1. The van der Waals surface area contributed by atoms with E-state index in [9.17, 15) is 23.1 Å². The molecule has 4 rings (SSSR count). The van der Waals surface area contributed by atoms with E-state index in [1.165, 1.54) is 25.3 Å². The largest absolute Gasteiger partial charge is 0.417 e. The summed E-state index contributed by atoms with van der Waals surface area (Å²) >= 11 is 0. The van der Waals surface area contributed by atoms with Crippen LogP contribution in [0.3, 0.4) is 0 Å². The molecule has 39 heavy (non-hydrogen) atoms. The molecule has 6 nitrogen and oxygen atoms in total. The first-order valence-corrected chi connectivity index (χ1v) is 13.8. The minimum Gasteiger partial charge on any atom is -0.379 e. The summed E-state index contributed by atoms with van der Waals surface area (Å²) in [7, 11) is 0. The van der Waals surface area contributed by atoms with Crippen molar-refractivity contribution in [3.63, 3.8) is 0 Å². The van der Waals surface area contributed by atoms with Crippen molar-refractivity contribution in [2.45, 2.75) is 69.7 Å². The van der Waals surface area contributed by atoms with Crippen molar-refractivity contribution in [1.29, 1.82) is 5.26 Å². The highest BCUT2D eigenvalue weighted by Crippen LogP contribution is 2.38. The Hall–Kier alpha value is -2.93. The van der Waals surface area contributed by atoms with Gasteiger partial charge in [-0.3, -0.25) is 4.79 Å². The molecule has 1 amide bonds. The molecule has 3 N–H and O–H groups in total. The fourth-order valence-corrected chi connectivity index (χ4v) is 5.82. The van der Waals surface area contributed by atoms with E-state index in [1.54, 1.807) is 6.07 Å². The van der Waals surface area contributed by atoms with Gasteiger partial charge in [-0.25, -0.2) is 0 Å². The maximum Gasteiger partial charge on any atom is 0.417 e. The summed E-state index contributed by atoms with van der Waals surface area (Å²) in [6.07, 6.45) is 2.26. The molecule has 1 aliphatic heterocycles. The fraction of sp³-hybridized carbons (Fsp3) is 0.533. The third-order valence-electron chi connectivity index (χ3n) is 7.97. The number of carbonyl (C=O) groups excluding carboxylic acids is 1. The molecule has 210 valence electrons. The van der Waals surface area contributed by atoms with Crippen LogP contribution >= 0.6 is 0 Å². The molecule has 1 unspecified atom stereocenters. The van der Waals surface area contributed by atoms with Crippen molar-refractivity contribution in [3.05, 3.63) is 64.7 Å². The lowest BCUT2D eigenvalue weighted by Gasteiger charge is -2.33. The molecule has 1 heterocycles. The first-order chi connectivity index (χ1) is 18.7. The van der Waals surface area contributed by atoms with Crippen LogP contribution in [0, 0.1) is 17.2 Å². The smallest absolute Gasteiger partial charge is 0.379 e. The number of alkyl halides is 3. The topological polar surface area (TPSA) is 88.4 Å². The van der Waals surface area contributed by atoms with Gasteiger partial charge in [0, 0.05) is 31.7 Å². The lowest BCUT2D eigenvalue weighted by molar-refractivity contribution is -0.140. The van der Waals surface area contributed by atoms with E-state index in [4.69, 9.17) is 5.26 Å². The normalized spacial score (nSPS) is 18.4. The number of rotatable bonds is 10. The number of nitrogens with one attached hydrogen (secondary N) is 2. The minimum atomic E-state index is -4.74. The molecule has 2 aliphatic rings. The summed E-state index contributed by atoms with van der Waals surface area (Å²) in [5.74, 6) is -1.03. The van der Waals surface area contributed by atoms with E-state index < -0.39 is 28.8 Å². The van der Waals surface area contributed by atoms with E-state index in [2.05, 4.69) is 15.5 Å². The average molecular weight is 543 g/mol. The Bertz CT molecular complexity index is 1170. The molecule has 0 radical (unpaired) electrons. The minimum absolute atomic E-state index is 0.0630. The van der Waals surface area contributed by atoms with Crippen molar-refractivity contribution in [1.82, 2.24) is 10.2 Å². The maximum absolute atomic E-state index is 13.5. The molecule has 1 saturated heterocycles. The maximum atomic E-state index is 13.5. The lowest BCUT2D eigenvalue weighted by atomic mass is 9.80. The van der Waals surface area contributed by atoms with Gasteiger partial charge in [-0.2, -0.15) is 18.4 Å². The van der Waals surface area contributed by atoms with E-state index in [0.29, 0.717) is 19.4 Å². The molecule has 1 saturated carbocycles. The van der Waals surface area contributed by atoms with E-state index >= 15 is 0 Å². The number of aliphatic hydroxyl groups is 1. The number of benzene rings is 2. The number of nitriles is 1. The van der Waals surface area contributed by atoms with Crippen molar-refractivity contribution in [2.24, 2.45) is 5.92 Å². The van der Waals surface area contributed by atoms with Crippen LogP contribution in [0.2, 0.25) is 0 Å². The van der Waals surface area contributed by atoms with Gasteiger partial charge in [-0.1, -0.05) is 43.5 Å². The van der Waals surface area contributed by atoms with E-state index in [1.807, 2.05) is 24.3 Å². The van der Waals surface area contributed by atoms with Crippen LogP contribution in [0.4, 0.5) is 18.9 Å². The number of halogens is 3. The summed E-state index contributed by atoms with van der Waals surface area (Å²) in [4.78, 5) is 15.9. The van der Waals surface area contributed by atoms with Crippen molar-refractivity contribution in [2.75, 3.05) is 31.5 Å². The van der Waals surface area contributed by atoms with Crippen molar-refractivity contribution < 1.29 is 23.1 Å². The Morgan fingerprint density at radius 1 is 1.03 bits per heavy atom. The van der Waals surface area contributed by atoms with Crippen LogP contribution in [0.25, 0.3) is 0 Å². The monoisotopic (exact) mass is 542 g/mol. The van der Waals surface area contributed by atoms with Crippen LogP contribution < -0.4 is 10.6 Å². The van der Waals surface area contributed by atoms with Gasteiger partial charge < -0.3 is 20.6 Å². The summed E-state index contributed by atoms with van der Waals surface area (Å²) in [5.41, 5.74) is -1.67. The summed E-state index contributed by atoms with van der Waals surface area (Å²) in [5, 5.41) is 26.8. The zero-order valence-corrected chi connectivity index (χ0v) is 22.2. The average Bonchev–Trinajstić information content (AvgIpc) is 3.47. The summed E-state index contributed by atoms with van der Waals surface area (Å²) in [6.45, 7) is 4.86. The molecular formula is C30H37F3N4O2. The van der Waals surface area contributed by atoms with Gasteiger partial charge in [0.25, 0.3) is 5.91 Å². The quantitative estimate of drug-likeness (QED) is 0.357. The zero-order valence-electron chi connectivity index (χ0n) is 22.2. The molecule has 0 spiro atoms. The highest BCUT2D eigenvalue weighted by Gasteiger charge is 2.45. The van der Waals surface area contributed by atoms with Crippen LogP contribution in [0.15, 0.2) is 42.5 Å². The second-order valence-electron chi connectivity index (χ2n) is 10.8. The second-order valence-corrected chi connectivity index (χ2v) is 10.8. The third kappa shape index (κ3) is 7.59. The number of hydrogen-bond donors (Lipinski definition) is 3. The lowest BCUT2D eigenvalue weighted by Crippen LogP contribution is -2.50. The Balaban J connectivity index is 1.45. The van der Waals surface area contributed by atoms with Crippen LogP contribution in [-0.4, -0.2) is 47.7 Å².